The summed E-state index contributed by atoms with van der Waals surface area (Å²) in [5.74, 6) is -2.65. The molecule has 1 aromatic rings. The van der Waals surface area contributed by atoms with Crippen molar-refractivity contribution in [3.8, 4) is 0 Å². The number of hydrogen-bond donors (Lipinski definition) is 2. The molecule has 9 heteroatoms. The highest BCUT2D eigenvalue weighted by atomic mass is 32.2. The monoisotopic (exact) mass is 393 g/mol. The van der Waals surface area contributed by atoms with Crippen LogP contribution in [0.3, 0.4) is 0 Å². The summed E-state index contributed by atoms with van der Waals surface area (Å²) in [5, 5.41) is 1.92. The lowest BCUT2D eigenvalue weighted by Gasteiger charge is -2.22. The van der Waals surface area contributed by atoms with Crippen molar-refractivity contribution in [3.63, 3.8) is 0 Å². The van der Waals surface area contributed by atoms with Gasteiger partial charge in [0.2, 0.25) is 5.91 Å². The molecule has 2 atom stereocenters. The molecule has 146 valence electrons. The number of thioether (sulfide) groups is 1. The number of anilines is 1. The van der Waals surface area contributed by atoms with Gasteiger partial charge in [0.1, 0.15) is 0 Å². The van der Waals surface area contributed by atoms with Gasteiger partial charge in [0.15, 0.2) is 6.10 Å². The number of urea groups is 1. The third-order valence-corrected chi connectivity index (χ3v) is 4.90. The number of hydrogen-bond acceptors (Lipinski definition) is 6. The highest BCUT2D eigenvalue weighted by molar-refractivity contribution is 7.98. The van der Waals surface area contributed by atoms with E-state index in [-0.39, 0.29) is 24.8 Å². The molecule has 0 spiro atoms. The number of esters is 1. The standard InChI is InChI=1S/C18H23N3O5S/c1-10(2)15(16(23)20-18(19)25)26-17(24)11-7-14(22)21(9-11)12-5-4-6-13(8-12)27-3/h4-6,8,10-11,15H,7,9H2,1-3H3,(H3,19,20,23,25)/t11-,15+/m0/s1. The molecule has 4 amide bonds. The van der Waals surface area contributed by atoms with E-state index < -0.39 is 29.9 Å². The quantitative estimate of drug-likeness (QED) is 0.559. The second kappa shape index (κ2) is 8.90. The van der Waals surface area contributed by atoms with E-state index in [4.69, 9.17) is 10.5 Å². The van der Waals surface area contributed by atoms with Crippen LogP contribution >= 0.6 is 11.8 Å². The van der Waals surface area contributed by atoms with Crippen LogP contribution in [0.25, 0.3) is 0 Å². The van der Waals surface area contributed by atoms with E-state index in [1.807, 2.05) is 35.8 Å². The Balaban J connectivity index is 2.07. The fraction of sp³-hybridized carbons (Fsp3) is 0.444. The highest BCUT2D eigenvalue weighted by Gasteiger charge is 2.38. The van der Waals surface area contributed by atoms with Crippen molar-refractivity contribution in [2.75, 3.05) is 17.7 Å². The van der Waals surface area contributed by atoms with Crippen molar-refractivity contribution in [3.05, 3.63) is 24.3 Å². The first-order valence-electron chi connectivity index (χ1n) is 8.48. The van der Waals surface area contributed by atoms with E-state index in [1.165, 1.54) is 0 Å². The topological polar surface area (TPSA) is 119 Å². The van der Waals surface area contributed by atoms with Crippen LogP contribution in [0.2, 0.25) is 0 Å². The molecule has 0 aliphatic carbocycles. The molecular weight excluding hydrogens is 370 g/mol. The molecule has 0 unspecified atom stereocenters. The van der Waals surface area contributed by atoms with Gasteiger partial charge in [-0.3, -0.25) is 19.7 Å². The maximum atomic E-state index is 12.5. The lowest BCUT2D eigenvalue weighted by atomic mass is 10.1. The van der Waals surface area contributed by atoms with Crippen LogP contribution in [0.1, 0.15) is 20.3 Å². The second-order valence-electron chi connectivity index (χ2n) is 6.56. The predicted octanol–water partition coefficient (Wildman–Crippen LogP) is 1.52. The predicted molar refractivity (Wildman–Crippen MR) is 101 cm³/mol. The SMILES string of the molecule is CSc1cccc(N2C[C@@H](C(=O)O[C@@H](C(=O)NC(N)=O)C(C)C)CC2=O)c1. The number of rotatable bonds is 6. The lowest BCUT2D eigenvalue weighted by molar-refractivity contribution is -0.161. The van der Waals surface area contributed by atoms with E-state index >= 15 is 0 Å². The third-order valence-electron chi connectivity index (χ3n) is 4.18. The first-order chi connectivity index (χ1) is 12.7. The number of benzene rings is 1. The van der Waals surface area contributed by atoms with Gasteiger partial charge in [-0.1, -0.05) is 19.9 Å². The Hall–Kier alpha value is -2.55. The van der Waals surface area contributed by atoms with Gasteiger partial charge in [-0.05, 0) is 30.4 Å². The summed E-state index contributed by atoms with van der Waals surface area (Å²) in [4.78, 5) is 50.3. The number of nitrogens with one attached hydrogen (secondary N) is 1. The lowest BCUT2D eigenvalue weighted by Crippen LogP contribution is -2.46. The number of imide groups is 1. The molecule has 27 heavy (non-hydrogen) atoms. The van der Waals surface area contributed by atoms with Gasteiger partial charge in [-0.25, -0.2) is 4.79 Å². The van der Waals surface area contributed by atoms with Crippen molar-refractivity contribution >= 4 is 41.3 Å². The van der Waals surface area contributed by atoms with E-state index in [1.54, 1.807) is 30.5 Å². The average molecular weight is 393 g/mol. The number of nitrogens with two attached hydrogens (primary N) is 1. The fourth-order valence-electron chi connectivity index (χ4n) is 2.80. The number of carbonyl (C=O) groups is 4. The van der Waals surface area contributed by atoms with Crippen LogP contribution in [0.15, 0.2) is 29.2 Å². The van der Waals surface area contributed by atoms with Crippen LogP contribution in [-0.2, 0) is 19.1 Å². The summed E-state index contributed by atoms with van der Waals surface area (Å²) in [6.07, 6.45) is 0.785. The molecule has 0 saturated carbocycles. The molecule has 8 nitrogen and oxygen atoms in total. The second-order valence-corrected chi connectivity index (χ2v) is 7.44. The van der Waals surface area contributed by atoms with Crippen LogP contribution in [-0.4, -0.2) is 42.7 Å². The molecule has 0 aromatic heterocycles. The molecular formula is C18H23N3O5S. The Bertz CT molecular complexity index is 752. The molecule has 1 saturated heterocycles. The molecule has 1 fully saturated rings. The molecule has 1 aliphatic rings. The number of nitrogens with zero attached hydrogens (tertiary/aromatic N) is 1. The molecule has 0 bridgehead atoms. The van der Waals surface area contributed by atoms with E-state index in [9.17, 15) is 19.2 Å². The molecule has 3 N–H and O–H groups in total. The van der Waals surface area contributed by atoms with Crippen molar-refractivity contribution in [1.29, 1.82) is 0 Å². The summed E-state index contributed by atoms with van der Waals surface area (Å²) in [6, 6.07) is 6.46. The molecule has 0 radical (unpaired) electrons. The Morgan fingerprint density at radius 3 is 2.63 bits per heavy atom. The van der Waals surface area contributed by atoms with E-state index in [0.29, 0.717) is 5.69 Å². The minimum atomic E-state index is -1.16. The van der Waals surface area contributed by atoms with Crippen LogP contribution in [0.4, 0.5) is 10.5 Å². The van der Waals surface area contributed by atoms with Gasteiger partial charge in [0, 0.05) is 23.5 Å². The van der Waals surface area contributed by atoms with Crippen LogP contribution < -0.4 is 16.0 Å². The zero-order chi connectivity index (χ0) is 20.1. The summed E-state index contributed by atoms with van der Waals surface area (Å²) in [5.41, 5.74) is 5.66. The van der Waals surface area contributed by atoms with Crippen LogP contribution in [0.5, 0.6) is 0 Å². The van der Waals surface area contributed by atoms with Gasteiger partial charge in [-0.2, -0.15) is 0 Å². The van der Waals surface area contributed by atoms with Gasteiger partial charge >= 0.3 is 12.0 Å². The van der Waals surface area contributed by atoms with Crippen molar-refractivity contribution in [1.82, 2.24) is 5.32 Å². The zero-order valence-electron chi connectivity index (χ0n) is 15.4. The van der Waals surface area contributed by atoms with Gasteiger partial charge in [0.05, 0.1) is 5.92 Å². The molecule has 1 heterocycles. The number of amides is 4. The maximum Gasteiger partial charge on any atom is 0.318 e. The minimum absolute atomic E-state index is 0.00455. The number of ether oxygens (including phenoxy) is 1. The number of carbonyl (C=O) groups excluding carboxylic acids is 4. The Morgan fingerprint density at radius 1 is 1.33 bits per heavy atom. The first-order valence-corrected chi connectivity index (χ1v) is 9.70. The van der Waals surface area contributed by atoms with E-state index in [2.05, 4.69) is 0 Å². The average Bonchev–Trinajstić information content (AvgIpc) is 3.00. The summed E-state index contributed by atoms with van der Waals surface area (Å²) in [7, 11) is 0. The van der Waals surface area contributed by atoms with Gasteiger partial charge < -0.3 is 15.4 Å². The van der Waals surface area contributed by atoms with E-state index in [0.717, 1.165) is 4.90 Å². The minimum Gasteiger partial charge on any atom is -0.452 e. The normalized spacial score (nSPS) is 17.7. The number of primary amides is 1. The Morgan fingerprint density at radius 2 is 2.04 bits per heavy atom. The highest BCUT2D eigenvalue weighted by Crippen LogP contribution is 2.29. The summed E-state index contributed by atoms with van der Waals surface area (Å²) < 4.78 is 5.29. The molecule has 1 aliphatic heterocycles. The summed E-state index contributed by atoms with van der Waals surface area (Å²) in [6.45, 7) is 3.54. The largest absolute Gasteiger partial charge is 0.452 e. The maximum absolute atomic E-state index is 12.5. The smallest absolute Gasteiger partial charge is 0.318 e. The summed E-state index contributed by atoms with van der Waals surface area (Å²) >= 11 is 1.56. The third kappa shape index (κ3) is 5.22. The zero-order valence-corrected chi connectivity index (χ0v) is 16.2. The van der Waals surface area contributed by atoms with Gasteiger partial charge in [-0.15, -0.1) is 11.8 Å². The van der Waals surface area contributed by atoms with Crippen molar-refractivity contribution in [2.24, 2.45) is 17.6 Å². The van der Waals surface area contributed by atoms with Gasteiger partial charge in [0.25, 0.3) is 5.91 Å². The molecule has 1 aromatic carbocycles. The van der Waals surface area contributed by atoms with Crippen molar-refractivity contribution in [2.45, 2.75) is 31.3 Å². The van der Waals surface area contributed by atoms with Crippen LogP contribution in [0, 0.1) is 11.8 Å². The van der Waals surface area contributed by atoms with Crippen molar-refractivity contribution < 1.29 is 23.9 Å². The molecule has 2 rings (SSSR count). The fourth-order valence-corrected chi connectivity index (χ4v) is 3.25. The Kier molecular flexibility index (Phi) is 6.84. The first kappa shape index (κ1) is 20.8. The Labute approximate surface area is 161 Å².